The van der Waals surface area contributed by atoms with Gasteiger partial charge >= 0.3 is 5.97 Å². The van der Waals surface area contributed by atoms with Crippen molar-refractivity contribution in [2.75, 3.05) is 32.3 Å². The maximum atomic E-state index is 11.5. The van der Waals surface area contributed by atoms with Crippen LogP contribution in [0.25, 0.3) is 0 Å². The molecule has 0 atom stereocenters. The quantitative estimate of drug-likeness (QED) is 0.603. The highest BCUT2D eigenvalue weighted by Crippen LogP contribution is 2.35. The molecule has 2 aliphatic rings. The van der Waals surface area contributed by atoms with Crippen molar-refractivity contribution in [3.63, 3.8) is 0 Å². The van der Waals surface area contributed by atoms with Crippen LogP contribution in [0.2, 0.25) is 0 Å². The lowest BCUT2D eigenvalue weighted by Crippen LogP contribution is -2.43. The summed E-state index contributed by atoms with van der Waals surface area (Å²) in [5, 5.41) is 3.89. The van der Waals surface area contributed by atoms with Crippen molar-refractivity contribution in [3.05, 3.63) is 48.0 Å². The number of rotatable bonds is 4. The second kappa shape index (κ2) is 8.57. The van der Waals surface area contributed by atoms with E-state index in [1.54, 1.807) is 12.1 Å². The van der Waals surface area contributed by atoms with Gasteiger partial charge in [-0.25, -0.2) is 4.79 Å². The molecule has 2 heterocycles. The first-order chi connectivity index (χ1) is 14.1. The zero-order valence-electron chi connectivity index (χ0n) is 16.1. The summed E-state index contributed by atoms with van der Waals surface area (Å²) in [6.07, 6.45) is 1.88. The number of fused-ring (bicyclic) bond motifs is 1. The number of ether oxygens (including phenoxy) is 4. The number of piperidine rings is 1. The molecular formula is C21H22N2O5S. The first kappa shape index (κ1) is 19.3. The number of esters is 1. The zero-order chi connectivity index (χ0) is 20.2. The molecule has 0 radical (unpaired) electrons. The first-order valence-electron chi connectivity index (χ1n) is 9.43. The summed E-state index contributed by atoms with van der Waals surface area (Å²) in [5.74, 6) is 1.91. The van der Waals surface area contributed by atoms with Crippen molar-refractivity contribution < 1.29 is 23.7 Å². The third-order valence-electron chi connectivity index (χ3n) is 4.93. The maximum Gasteiger partial charge on any atom is 0.337 e. The number of anilines is 1. The average molecular weight is 414 g/mol. The molecule has 2 aromatic carbocycles. The predicted octanol–water partition coefficient (Wildman–Crippen LogP) is 3.44. The number of carbonyl (C=O) groups is 1. The van der Waals surface area contributed by atoms with Crippen LogP contribution < -0.4 is 19.5 Å². The standard InChI is InChI=1S/C21H22N2O5S/c1-25-20(24)14-2-4-15(5-3-14)22-21(29)23-10-8-16(9-11-23)28-17-6-7-18-19(12-17)27-13-26-18/h2-7,12,16H,8-11,13H2,1H3,(H,22,29). The van der Waals surface area contributed by atoms with Crippen molar-refractivity contribution >= 4 is 29.0 Å². The van der Waals surface area contributed by atoms with Crippen LogP contribution in [0.3, 0.4) is 0 Å². The van der Waals surface area contributed by atoms with Gasteiger partial charge in [0.05, 0.1) is 12.7 Å². The van der Waals surface area contributed by atoms with Crippen molar-refractivity contribution in [2.45, 2.75) is 18.9 Å². The fourth-order valence-corrected chi connectivity index (χ4v) is 3.63. The molecular weight excluding hydrogens is 392 g/mol. The molecule has 0 amide bonds. The number of methoxy groups -OCH3 is 1. The summed E-state index contributed by atoms with van der Waals surface area (Å²) in [4.78, 5) is 13.6. The highest BCUT2D eigenvalue weighted by molar-refractivity contribution is 7.80. The van der Waals surface area contributed by atoms with Crippen LogP contribution in [-0.2, 0) is 4.74 Å². The minimum Gasteiger partial charge on any atom is -0.490 e. The van der Waals surface area contributed by atoms with Gasteiger partial charge < -0.3 is 29.2 Å². The molecule has 2 aliphatic heterocycles. The maximum absolute atomic E-state index is 11.5. The van der Waals surface area contributed by atoms with Crippen molar-refractivity contribution in [3.8, 4) is 17.2 Å². The minimum atomic E-state index is -0.358. The Balaban J connectivity index is 1.26. The second-order valence-electron chi connectivity index (χ2n) is 6.82. The summed E-state index contributed by atoms with van der Waals surface area (Å²) in [6, 6.07) is 12.7. The Bertz CT molecular complexity index is 894. The number of nitrogens with zero attached hydrogens (tertiary/aromatic N) is 1. The second-order valence-corrected chi connectivity index (χ2v) is 7.21. The van der Waals surface area contributed by atoms with Crippen LogP contribution >= 0.6 is 12.2 Å². The summed E-state index contributed by atoms with van der Waals surface area (Å²) in [6.45, 7) is 1.87. The number of hydrogen-bond acceptors (Lipinski definition) is 6. The van der Waals surface area contributed by atoms with Crippen molar-refractivity contribution in [2.24, 2.45) is 0 Å². The Hall–Kier alpha value is -3.00. The molecule has 29 heavy (non-hydrogen) atoms. The fourth-order valence-electron chi connectivity index (χ4n) is 3.33. The van der Waals surface area contributed by atoms with E-state index in [-0.39, 0.29) is 18.9 Å². The normalized spacial score (nSPS) is 15.7. The Morgan fingerprint density at radius 1 is 1.10 bits per heavy atom. The molecule has 1 N–H and O–H groups in total. The molecule has 152 valence electrons. The van der Waals surface area contributed by atoms with Gasteiger partial charge in [0.2, 0.25) is 6.79 Å². The molecule has 0 aromatic heterocycles. The molecule has 0 unspecified atom stereocenters. The van der Waals surface area contributed by atoms with E-state index < -0.39 is 0 Å². The topological polar surface area (TPSA) is 69.3 Å². The van der Waals surface area contributed by atoms with Gasteiger partial charge in [0.1, 0.15) is 11.9 Å². The minimum absolute atomic E-state index is 0.133. The van der Waals surface area contributed by atoms with E-state index in [0.29, 0.717) is 10.7 Å². The Morgan fingerprint density at radius 3 is 2.55 bits per heavy atom. The molecule has 1 fully saturated rings. The third kappa shape index (κ3) is 4.54. The highest BCUT2D eigenvalue weighted by Gasteiger charge is 2.23. The average Bonchev–Trinajstić information content (AvgIpc) is 3.22. The van der Waals surface area contributed by atoms with Crippen LogP contribution in [0.4, 0.5) is 5.69 Å². The molecule has 1 saturated heterocycles. The van der Waals surface area contributed by atoms with E-state index >= 15 is 0 Å². The lowest BCUT2D eigenvalue weighted by atomic mass is 10.1. The van der Waals surface area contributed by atoms with Crippen LogP contribution in [0, 0.1) is 0 Å². The van der Waals surface area contributed by atoms with Crippen molar-refractivity contribution in [1.82, 2.24) is 4.90 Å². The molecule has 0 aliphatic carbocycles. The van der Waals surface area contributed by atoms with Gasteiger partial charge in [0, 0.05) is 37.7 Å². The van der Waals surface area contributed by atoms with E-state index in [1.807, 2.05) is 30.3 Å². The monoisotopic (exact) mass is 414 g/mol. The lowest BCUT2D eigenvalue weighted by molar-refractivity contribution is 0.0600. The largest absolute Gasteiger partial charge is 0.490 e. The van der Waals surface area contributed by atoms with Gasteiger partial charge in [0.15, 0.2) is 16.6 Å². The van der Waals surface area contributed by atoms with Crippen LogP contribution in [0.15, 0.2) is 42.5 Å². The Morgan fingerprint density at radius 2 is 1.83 bits per heavy atom. The summed E-state index contributed by atoms with van der Waals surface area (Å²) in [5.41, 5.74) is 1.34. The van der Waals surface area contributed by atoms with Gasteiger partial charge in [0.25, 0.3) is 0 Å². The van der Waals surface area contributed by atoms with Crippen LogP contribution in [0.5, 0.6) is 17.2 Å². The van der Waals surface area contributed by atoms with Gasteiger partial charge in [-0.1, -0.05) is 0 Å². The number of hydrogen-bond donors (Lipinski definition) is 1. The number of carbonyl (C=O) groups excluding carboxylic acids is 1. The molecule has 7 nitrogen and oxygen atoms in total. The molecule has 0 spiro atoms. The van der Waals surface area contributed by atoms with E-state index in [4.69, 9.17) is 31.2 Å². The molecule has 2 aromatic rings. The highest BCUT2D eigenvalue weighted by atomic mass is 32.1. The molecule has 0 saturated carbocycles. The SMILES string of the molecule is COC(=O)c1ccc(NC(=S)N2CCC(Oc3ccc4c(c3)OCO4)CC2)cc1. The fraction of sp³-hybridized carbons (Fsp3) is 0.333. The van der Waals surface area contributed by atoms with E-state index in [1.165, 1.54) is 7.11 Å². The van der Waals surface area contributed by atoms with Gasteiger partial charge in [-0.2, -0.15) is 0 Å². The Kier molecular flexibility index (Phi) is 5.71. The summed E-state index contributed by atoms with van der Waals surface area (Å²) in [7, 11) is 1.36. The molecule has 4 rings (SSSR count). The van der Waals surface area contributed by atoms with E-state index in [9.17, 15) is 4.79 Å². The number of likely N-dealkylation sites (tertiary alicyclic amines) is 1. The lowest BCUT2D eigenvalue weighted by Gasteiger charge is -2.34. The summed E-state index contributed by atoms with van der Waals surface area (Å²) >= 11 is 5.54. The first-order valence-corrected chi connectivity index (χ1v) is 9.84. The van der Waals surface area contributed by atoms with Crippen molar-refractivity contribution in [1.29, 1.82) is 0 Å². The Labute approximate surface area is 174 Å². The van der Waals surface area contributed by atoms with E-state index in [2.05, 4.69) is 10.2 Å². The van der Waals surface area contributed by atoms with Crippen LogP contribution in [-0.4, -0.2) is 49.1 Å². The number of benzene rings is 2. The zero-order valence-corrected chi connectivity index (χ0v) is 16.9. The number of nitrogens with one attached hydrogen (secondary N) is 1. The van der Waals surface area contributed by atoms with Gasteiger partial charge in [-0.05, 0) is 48.6 Å². The summed E-state index contributed by atoms with van der Waals surface area (Å²) < 4.78 is 21.5. The predicted molar refractivity (Wildman–Crippen MR) is 112 cm³/mol. The third-order valence-corrected chi connectivity index (χ3v) is 5.29. The van der Waals surface area contributed by atoms with E-state index in [0.717, 1.165) is 48.9 Å². The van der Waals surface area contributed by atoms with Crippen LogP contribution in [0.1, 0.15) is 23.2 Å². The smallest absolute Gasteiger partial charge is 0.337 e. The number of thiocarbonyl (C=S) groups is 1. The van der Waals surface area contributed by atoms with Gasteiger partial charge in [-0.15, -0.1) is 0 Å². The molecule has 0 bridgehead atoms. The molecule has 8 heteroatoms. The van der Waals surface area contributed by atoms with Gasteiger partial charge in [-0.3, -0.25) is 0 Å².